The lowest BCUT2D eigenvalue weighted by Crippen LogP contribution is -2.18. The maximum Gasteiger partial charge on any atom is 0.223 e. The van der Waals surface area contributed by atoms with E-state index in [9.17, 15) is 0 Å². The highest BCUT2D eigenvalue weighted by molar-refractivity contribution is 7.99. The van der Waals surface area contributed by atoms with E-state index in [1.807, 2.05) is 13.2 Å². The summed E-state index contributed by atoms with van der Waals surface area (Å²) in [6, 6.07) is 0. The molecule has 4 nitrogen and oxygen atoms in total. The summed E-state index contributed by atoms with van der Waals surface area (Å²) in [7, 11) is 0. The van der Waals surface area contributed by atoms with Gasteiger partial charge in [-0.2, -0.15) is 21.7 Å². The van der Waals surface area contributed by atoms with Crippen LogP contribution in [0.1, 0.15) is 25.5 Å². The average molecular weight is 198 g/mol. The zero-order valence-electron chi connectivity index (χ0n) is 8.33. The lowest BCUT2D eigenvalue weighted by molar-refractivity contribution is 0.694. The third-order valence-corrected chi connectivity index (χ3v) is 3.02. The molecule has 5 heteroatoms. The molecular weight excluding hydrogens is 184 g/mol. The van der Waals surface area contributed by atoms with E-state index < -0.39 is 0 Å². The molecule has 0 amide bonds. The van der Waals surface area contributed by atoms with Gasteiger partial charge in [0.15, 0.2) is 0 Å². The number of nitrogen functional groups attached to an aromatic ring is 1. The highest BCUT2D eigenvalue weighted by atomic mass is 32.2. The van der Waals surface area contributed by atoms with E-state index in [0.717, 1.165) is 5.82 Å². The van der Waals surface area contributed by atoms with Gasteiger partial charge in [0.25, 0.3) is 0 Å². The average Bonchev–Trinajstić information content (AvgIpc) is 2.02. The Hall–Kier alpha value is -0.840. The Morgan fingerprint density at radius 1 is 1.23 bits per heavy atom. The Morgan fingerprint density at radius 2 is 1.85 bits per heavy atom. The Labute approximate surface area is 82.4 Å². The van der Waals surface area contributed by atoms with Crippen LogP contribution in [0.2, 0.25) is 0 Å². The van der Waals surface area contributed by atoms with Gasteiger partial charge in [0.2, 0.25) is 5.95 Å². The first-order valence-corrected chi connectivity index (χ1v) is 5.22. The number of thioether (sulfide) groups is 1. The molecule has 0 saturated heterocycles. The van der Waals surface area contributed by atoms with Crippen molar-refractivity contribution in [2.75, 3.05) is 12.0 Å². The number of nitrogens with zero attached hydrogens (tertiary/aromatic N) is 3. The molecule has 0 bridgehead atoms. The lowest BCUT2D eigenvalue weighted by Gasteiger charge is -2.19. The van der Waals surface area contributed by atoms with Crippen LogP contribution in [0.4, 0.5) is 5.95 Å². The van der Waals surface area contributed by atoms with Crippen molar-refractivity contribution in [1.29, 1.82) is 0 Å². The first-order chi connectivity index (χ1) is 5.95. The lowest BCUT2D eigenvalue weighted by atomic mass is 10.2. The first-order valence-electron chi connectivity index (χ1n) is 3.99. The van der Waals surface area contributed by atoms with Crippen molar-refractivity contribution in [3.8, 4) is 0 Å². The van der Waals surface area contributed by atoms with Crippen LogP contribution in [-0.4, -0.2) is 21.2 Å². The van der Waals surface area contributed by atoms with E-state index in [1.54, 1.807) is 11.8 Å². The van der Waals surface area contributed by atoms with Crippen LogP contribution in [-0.2, 0) is 4.75 Å². The molecule has 0 spiro atoms. The maximum atomic E-state index is 5.54. The molecule has 0 aliphatic heterocycles. The minimum absolute atomic E-state index is 0.109. The van der Waals surface area contributed by atoms with Gasteiger partial charge in [0, 0.05) is 0 Å². The van der Waals surface area contributed by atoms with Gasteiger partial charge in [0.1, 0.15) is 11.6 Å². The molecule has 1 aromatic rings. The van der Waals surface area contributed by atoms with Gasteiger partial charge >= 0.3 is 0 Å². The number of nitrogens with two attached hydrogens (primary N) is 1. The highest BCUT2D eigenvalue weighted by Crippen LogP contribution is 2.30. The van der Waals surface area contributed by atoms with Gasteiger partial charge in [0.05, 0.1) is 4.75 Å². The largest absolute Gasteiger partial charge is 0.368 e. The number of hydrogen-bond donors (Lipinski definition) is 1. The third-order valence-electron chi connectivity index (χ3n) is 1.81. The highest BCUT2D eigenvalue weighted by Gasteiger charge is 2.23. The fourth-order valence-corrected chi connectivity index (χ4v) is 1.14. The standard InChI is InChI=1S/C8H14N4S/c1-5-10-6(8(2,3)13-4)12-7(9)11-5/h1-4H3,(H2,9,10,11,12). The van der Waals surface area contributed by atoms with Crippen LogP contribution in [0.5, 0.6) is 0 Å². The summed E-state index contributed by atoms with van der Waals surface area (Å²) in [5.41, 5.74) is 5.54. The van der Waals surface area contributed by atoms with Crippen molar-refractivity contribution in [2.24, 2.45) is 0 Å². The third kappa shape index (κ3) is 2.30. The summed E-state index contributed by atoms with van der Waals surface area (Å²) in [5, 5.41) is 0. The molecule has 0 atom stereocenters. The molecule has 0 aliphatic carbocycles. The second-order valence-corrected chi connectivity index (χ2v) is 4.71. The van der Waals surface area contributed by atoms with Crippen molar-refractivity contribution < 1.29 is 0 Å². The molecule has 0 fully saturated rings. The predicted molar refractivity (Wildman–Crippen MR) is 55.5 cm³/mol. The topological polar surface area (TPSA) is 64.7 Å². The molecule has 0 aliphatic rings. The molecule has 0 aromatic carbocycles. The molecule has 0 unspecified atom stereocenters. The first kappa shape index (κ1) is 10.2. The van der Waals surface area contributed by atoms with Crippen molar-refractivity contribution in [3.63, 3.8) is 0 Å². The summed E-state index contributed by atoms with van der Waals surface area (Å²) in [5.74, 6) is 1.71. The van der Waals surface area contributed by atoms with Crippen LogP contribution in [0.25, 0.3) is 0 Å². The normalized spacial score (nSPS) is 11.7. The van der Waals surface area contributed by atoms with Crippen molar-refractivity contribution in [1.82, 2.24) is 15.0 Å². The number of aromatic nitrogens is 3. The zero-order chi connectivity index (χ0) is 10.1. The summed E-state index contributed by atoms with van der Waals surface area (Å²) in [4.78, 5) is 12.3. The quantitative estimate of drug-likeness (QED) is 0.777. The van der Waals surface area contributed by atoms with Crippen LogP contribution in [0, 0.1) is 6.92 Å². The van der Waals surface area contributed by atoms with Crippen molar-refractivity contribution >= 4 is 17.7 Å². The number of hydrogen-bond acceptors (Lipinski definition) is 5. The van der Waals surface area contributed by atoms with Crippen molar-refractivity contribution in [3.05, 3.63) is 11.6 Å². The second-order valence-electron chi connectivity index (χ2n) is 3.28. The molecule has 1 heterocycles. The van der Waals surface area contributed by atoms with E-state index >= 15 is 0 Å². The molecule has 1 rings (SSSR count). The van der Waals surface area contributed by atoms with E-state index in [0.29, 0.717) is 11.8 Å². The SMILES string of the molecule is CSC(C)(C)c1nc(C)nc(N)n1. The summed E-state index contributed by atoms with van der Waals surface area (Å²) in [6.07, 6.45) is 2.02. The van der Waals surface area contributed by atoms with Gasteiger partial charge < -0.3 is 5.73 Å². The summed E-state index contributed by atoms with van der Waals surface area (Å²) >= 11 is 1.69. The Morgan fingerprint density at radius 3 is 2.31 bits per heavy atom. The molecule has 13 heavy (non-hydrogen) atoms. The smallest absolute Gasteiger partial charge is 0.223 e. The summed E-state index contributed by atoms with van der Waals surface area (Å²) in [6.45, 7) is 5.94. The van der Waals surface area contributed by atoms with Crippen molar-refractivity contribution in [2.45, 2.75) is 25.5 Å². The van der Waals surface area contributed by atoms with Gasteiger partial charge in [-0.25, -0.2) is 4.98 Å². The van der Waals surface area contributed by atoms with Gasteiger partial charge in [-0.3, -0.25) is 0 Å². The number of aryl methyl sites for hydroxylation is 1. The van der Waals surface area contributed by atoms with E-state index in [-0.39, 0.29) is 4.75 Å². The Balaban J connectivity index is 3.15. The Kier molecular flexibility index (Phi) is 2.75. The van der Waals surface area contributed by atoms with Gasteiger partial charge in [-0.05, 0) is 27.0 Å². The summed E-state index contributed by atoms with van der Waals surface area (Å²) < 4.78 is -0.109. The number of rotatable bonds is 2. The fourth-order valence-electron chi connectivity index (χ4n) is 0.863. The van der Waals surface area contributed by atoms with Gasteiger partial charge in [-0.1, -0.05) is 0 Å². The van der Waals surface area contributed by atoms with E-state index in [2.05, 4.69) is 28.8 Å². The van der Waals surface area contributed by atoms with Crippen LogP contribution in [0.3, 0.4) is 0 Å². The molecular formula is C8H14N4S. The molecule has 0 radical (unpaired) electrons. The maximum absolute atomic E-state index is 5.54. The molecule has 72 valence electrons. The monoisotopic (exact) mass is 198 g/mol. The molecule has 2 N–H and O–H groups in total. The minimum Gasteiger partial charge on any atom is -0.368 e. The zero-order valence-corrected chi connectivity index (χ0v) is 9.14. The molecule has 0 saturated carbocycles. The molecule has 1 aromatic heterocycles. The Bertz CT molecular complexity index is 291. The minimum atomic E-state index is -0.109. The van der Waals surface area contributed by atoms with Gasteiger partial charge in [-0.15, -0.1) is 0 Å². The van der Waals surface area contributed by atoms with Crippen LogP contribution < -0.4 is 5.73 Å². The predicted octanol–water partition coefficient (Wildman–Crippen LogP) is 1.36. The van der Waals surface area contributed by atoms with E-state index in [4.69, 9.17) is 5.73 Å². The van der Waals surface area contributed by atoms with Crippen LogP contribution in [0.15, 0.2) is 0 Å². The number of anilines is 1. The fraction of sp³-hybridized carbons (Fsp3) is 0.625. The van der Waals surface area contributed by atoms with E-state index in [1.165, 1.54) is 0 Å². The van der Waals surface area contributed by atoms with Crippen LogP contribution >= 0.6 is 11.8 Å². The second kappa shape index (κ2) is 3.49.